The van der Waals surface area contributed by atoms with E-state index in [9.17, 15) is 9.59 Å². The third-order valence-corrected chi connectivity index (χ3v) is 5.30. The summed E-state index contributed by atoms with van der Waals surface area (Å²) in [5.41, 5.74) is 2.14. The van der Waals surface area contributed by atoms with Gasteiger partial charge in [0.2, 0.25) is 11.8 Å². The lowest BCUT2D eigenvalue weighted by atomic mass is 10.2. The van der Waals surface area contributed by atoms with E-state index in [-0.39, 0.29) is 11.8 Å². The van der Waals surface area contributed by atoms with Gasteiger partial charge < -0.3 is 10.2 Å². The van der Waals surface area contributed by atoms with Crippen LogP contribution in [0.4, 0.5) is 0 Å². The van der Waals surface area contributed by atoms with Gasteiger partial charge in [0.15, 0.2) is 0 Å². The number of amides is 2. The Hall–Kier alpha value is -1.89. The van der Waals surface area contributed by atoms with Crippen molar-refractivity contribution in [3.8, 4) is 0 Å². The van der Waals surface area contributed by atoms with Crippen LogP contribution in [-0.2, 0) is 29.2 Å². The van der Waals surface area contributed by atoms with E-state index in [0.717, 1.165) is 57.7 Å². The van der Waals surface area contributed by atoms with Gasteiger partial charge in [-0.2, -0.15) is 5.10 Å². The summed E-state index contributed by atoms with van der Waals surface area (Å²) >= 11 is 0. The Morgan fingerprint density at radius 1 is 1.22 bits per heavy atom. The number of nitrogens with one attached hydrogen (secondary N) is 1. The maximum absolute atomic E-state index is 12.2. The number of carbonyl (C=O) groups excluding carboxylic acids is 2. The molecule has 0 atom stereocenters. The SMILES string of the molecule is CC(C)CN1CCn2nc(CNC(=O)CCN3CCCCCC3=O)cc2C1. The van der Waals surface area contributed by atoms with Crippen LogP contribution in [0.25, 0.3) is 0 Å². The number of likely N-dealkylation sites (tertiary alicyclic amines) is 1. The van der Waals surface area contributed by atoms with Crippen LogP contribution in [0.2, 0.25) is 0 Å². The predicted molar refractivity (Wildman–Crippen MR) is 104 cm³/mol. The highest BCUT2D eigenvalue weighted by molar-refractivity contribution is 5.79. The molecule has 0 unspecified atom stereocenters. The van der Waals surface area contributed by atoms with Crippen LogP contribution in [0.3, 0.4) is 0 Å². The fraction of sp³-hybridized carbons (Fsp3) is 0.750. The van der Waals surface area contributed by atoms with Gasteiger partial charge >= 0.3 is 0 Å². The maximum atomic E-state index is 12.2. The molecule has 3 rings (SSSR count). The van der Waals surface area contributed by atoms with Crippen LogP contribution in [-0.4, -0.2) is 57.6 Å². The summed E-state index contributed by atoms with van der Waals surface area (Å²) in [6, 6.07) is 2.10. The molecule has 2 amide bonds. The fourth-order valence-corrected chi connectivity index (χ4v) is 3.93. The van der Waals surface area contributed by atoms with Gasteiger partial charge in [-0.3, -0.25) is 19.2 Å². The Bertz CT molecular complexity index is 655. The second kappa shape index (κ2) is 9.35. The summed E-state index contributed by atoms with van der Waals surface area (Å²) in [7, 11) is 0. The molecule has 1 aromatic heterocycles. The van der Waals surface area contributed by atoms with Crippen molar-refractivity contribution in [1.29, 1.82) is 0 Å². The number of nitrogens with zero attached hydrogens (tertiary/aromatic N) is 4. The minimum atomic E-state index is -0.0144. The minimum absolute atomic E-state index is 0.0144. The zero-order valence-corrected chi connectivity index (χ0v) is 16.7. The van der Waals surface area contributed by atoms with Gasteiger partial charge in [-0.1, -0.05) is 20.3 Å². The van der Waals surface area contributed by atoms with Crippen molar-refractivity contribution >= 4 is 11.8 Å². The standard InChI is InChI=1S/C20H33N5O2/c1-16(2)14-23-10-11-25-18(15-23)12-17(22-25)13-21-19(26)7-9-24-8-5-3-4-6-20(24)27/h12,16H,3-11,13-15H2,1-2H3,(H,21,26). The van der Waals surface area contributed by atoms with E-state index in [1.165, 1.54) is 5.69 Å². The van der Waals surface area contributed by atoms with Crippen molar-refractivity contribution in [3.05, 3.63) is 17.5 Å². The summed E-state index contributed by atoms with van der Waals surface area (Å²) in [5.74, 6) is 0.835. The van der Waals surface area contributed by atoms with E-state index in [4.69, 9.17) is 0 Å². The lowest BCUT2D eigenvalue weighted by Crippen LogP contribution is -2.36. The predicted octanol–water partition coefficient (Wildman–Crippen LogP) is 1.76. The molecule has 1 saturated heterocycles. The van der Waals surface area contributed by atoms with Crippen molar-refractivity contribution in [2.24, 2.45) is 5.92 Å². The lowest BCUT2D eigenvalue weighted by molar-refractivity contribution is -0.131. The van der Waals surface area contributed by atoms with Crippen molar-refractivity contribution < 1.29 is 9.59 Å². The van der Waals surface area contributed by atoms with Gasteiger partial charge in [-0.25, -0.2) is 0 Å². The molecule has 0 spiro atoms. The molecule has 0 radical (unpaired) electrons. The Morgan fingerprint density at radius 2 is 2.07 bits per heavy atom. The number of carbonyl (C=O) groups is 2. The molecule has 0 saturated carbocycles. The average Bonchev–Trinajstić information content (AvgIpc) is 2.92. The van der Waals surface area contributed by atoms with Crippen LogP contribution in [0.15, 0.2) is 6.07 Å². The molecule has 0 aliphatic carbocycles. The van der Waals surface area contributed by atoms with Crippen molar-refractivity contribution in [2.45, 2.75) is 65.6 Å². The summed E-state index contributed by atoms with van der Waals surface area (Å²) in [6.45, 7) is 10.2. The number of rotatable bonds is 7. The number of hydrogen-bond acceptors (Lipinski definition) is 4. The second-order valence-corrected chi connectivity index (χ2v) is 8.20. The molecule has 1 N–H and O–H groups in total. The first-order valence-electron chi connectivity index (χ1n) is 10.3. The van der Waals surface area contributed by atoms with Crippen molar-refractivity contribution in [3.63, 3.8) is 0 Å². The van der Waals surface area contributed by atoms with Crippen molar-refractivity contribution in [2.75, 3.05) is 26.2 Å². The molecule has 3 heterocycles. The lowest BCUT2D eigenvalue weighted by Gasteiger charge is -2.28. The van der Waals surface area contributed by atoms with Crippen LogP contribution < -0.4 is 5.32 Å². The van der Waals surface area contributed by atoms with Gasteiger partial charge in [0.05, 0.1) is 24.5 Å². The van der Waals surface area contributed by atoms with Gasteiger partial charge in [0.25, 0.3) is 0 Å². The minimum Gasteiger partial charge on any atom is -0.350 e. The molecule has 2 aliphatic heterocycles. The molecule has 27 heavy (non-hydrogen) atoms. The van der Waals surface area contributed by atoms with E-state index in [1.54, 1.807) is 0 Å². The summed E-state index contributed by atoms with van der Waals surface area (Å²) in [4.78, 5) is 28.5. The van der Waals surface area contributed by atoms with E-state index in [0.29, 0.717) is 31.8 Å². The molecular formula is C20H33N5O2. The molecule has 150 valence electrons. The third-order valence-electron chi connectivity index (χ3n) is 5.30. The maximum Gasteiger partial charge on any atom is 0.222 e. The van der Waals surface area contributed by atoms with E-state index < -0.39 is 0 Å². The zero-order valence-electron chi connectivity index (χ0n) is 16.7. The third kappa shape index (κ3) is 5.79. The van der Waals surface area contributed by atoms with Crippen LogP contribution in [0, 0.1) is 5.92 Å². The number of fused-ring (bicyclic) bond motifs is 1. The zero-order chi connectivity index (χ0) is 19.2. The summed E-state index contributed by atoms with van der Waals surface area (Å²) in [6.07, 6.45) is 4.10. The smallest absolute Gasteiger partial charge is 0.222 e. The normalized spacial score (nSPS) is 18.5. The Balaban J connectivity index is 1.43. The largest absolute Gasteiger partial charge is 0.350 e. The number of hydrogen-bond donors (Lipinski definition) is 1. The van der Waals surface area contributed by atoms with Gasteiger partial charge in [0, 0.05) is 45.6 Å². The van der Waals surface area contributed by atoms with E-state index in [2.05, 4.69) is 39.9 Å². The molecule has 7 nitrogen and oxygen atoms in total. The van der Waals surface area contributed by atoms with E-state index >= 15 is 0 Å². The average molecular weight is 376 g/mol. The molecule has 0 aromatic carbocycles. The van der Waals surface area contributed by atoms with Gasteiger partial charge in [-0.05, 0) is 24.8 Å². The first-order chi connectivity index (χ1) is 13.0. The van der Waals surface area contributed by atoms with Gasteiger partial charge in [0.1, 0.15) is 0 Å². The highest BCUT2D eigenvalue weighted by Gasteiger charge is 2.20. The highest BCUT2D eigenvalue weighted by atomic mass is 16.2. The molecule has 7 heteroatoms. The fourth-order valence-electron chi connectivity index (χ4n) is 3.93. The van der Waals surface area contributed by atoms with Crippen molar-refractivity contribution in [1.82, 2.24) is 24.9 Å². The molecule has 1 fully saturated rings. The second-order valence-electron chi connectivity index (χ2n) is 8.20. The molecule has 1 aromatic rings. The number of aromatic nitrogens is 2. The molecular weight excluding hydrogens is 342 g/mol. The summed E-state index contributed by atoms with van der Waals surface area (Å²) in [5, 5.41) is 7.58. The molecule has 2 aliphatic rings. The van der Waals surface area contributed by atoms with Crippen LogP contribution in [0.1, 0.15) is 57.3 Å². The van der Waals surface area contributed by atoms with Crippen LogP contribution in [0.5, 0.6) is 0 Å². The highest BCUT2D eigenvalue weighted by Crippen LogP contribution is 2.15. The Morgan fingerprint density at radius 3 is 2.89 bits per heavy atom. The Kier molecular flexibility index (Phi) is 6.88. The van der Waals surface area contributed by atoms with Gasteiger partial charge in [-0.15, -0.1) is 0 Å². The monoisotopic (exact) mass is 375 g/mol. The summed E-state index contributed by atoms with van der Waals surface area (Å²) < 4.78 is 2.06. The topological polar surface area (TPSA) is 70.5 Å². The Labute approximate surface area is 162 Å². The van der Waals surface area contributed by atoms with Crippen LogP contribution >= 0.6 is 0 Å². The first-order valence-corrected chi connectivity index (χ1v) is 10.3. The first kappa shape index (κ1) is 19.9. The quantitative estimate of drug-likeness (QED) is 0.788. The van der Waals surface area contributed by atoms with E-state index in [1.807, 2.05) is 4.90 Å². The molecule has 0 bridgehead atoms.